The fourth-order valence-corrected chi connectivity index (χ4v) is 4.70. The molecule has 5 atom stereocenters. The SMILES string of the molecule is Nc1ncnc2c1ncn2C1OC(COP(=O)([O-])OP([O-])([O-])=S)C(O)C1O. The van der Waals surface area contributed by atoms with E-state index in [1.807, 2.05) is 0 Å². The lowest BCUT2D eigenvalue weighted by molar-refractivity contribution is -0.320. The van der Waals surface area contributed by atoms with Crippen LogP contribution >= 0.6 is 14.5 Å². The van der Waals surface area contributed by atoms with Gasteiger partial charge in [-0.3, -0.25) is 9.13 Å². The zero-order valence-corrected chi connectivity index (χ0v) is 15.7. The van der Waals surface area contributed by atoms with Gasteiger partial charge in [0.25, 0.3) is 7.82 Å². The number of rotatable bonds is 6. The lowest BCUT2D eigenvalue weighted by Crippen LogP contribution is -2.34. The van der Waals surface area contributed by atoms with E-state index in [4.69, 9.17) is 10.5 Å². The zero-order chi connectivity index (χ0) is 20.0. The molecule has 1 fully saturated rings. The number of aliphatic hydroxyl groups excluding tert-OH is 2. The number of phosphoric ester groups is 1. The molecule has 3 heterocycles. The van der Waals surface area contributed by atoms with Crippen LogP contribution in [0.4, 0.5) is 5.82 Å². The molecule has 17 heteroatoms. The van der Waals surface area contributed by atoms with E-state index in [0.29, 0.717) is 0 Å². The summed E-state index contributed by atoms with van der Waals surface area (Å²) in [6.07, 6.45) is -3.23. The van der Waals surface area contributed by atoms with Gasteiger partial charge in [0.1, 0.15) is 30.2 Å². The first-order valence-electron chi connectivity index (χ1n) is 7.12. The lowest BCUT2D eigenvalue weighted by Gasteiger charge is -2.39. The number of imidazole rings is 1. The van der Waals surface area contributed by atoms with Gasteiger partial charge < -0.3 is 44.2 Å². The molecule has 2 aromatic rings. The number of aromatic nitrogens is 4. The van der Waals surface area contributed by atoms with E-state index in [2.05, 4.69) is 35.6 Å². The van der Waals surface area contributed by atoms with E-state index in [-0.39, 0.29) is 17.0 Å². The quantitative estimate of drug-likeness (QED) is 0.370. The van der Waals surface area contributed by atoms with E-state index >= 15 is 0 Å². The standard InChI is InChI=1S/C10H15N5O9P2S/c11-8-5-9(13-2-12-8)15(3-14-5)10-7(17)6(16)4(23-10)1-22-25(18,19)24-26(20,21)27/h2-4,6-7,10,16-17H,1H2,(H,18,19)(H2,11,12,13)(H2,20,21,27)/p-3. The summed E-state index contributed by atoms with van der Waals surface area (Å²) < 4.78 is 26.1. The first-order valence-corrected chi connectivity index (χ1v) is 11.1. The van der Waals surface area contributed by atoms with Crippen molar-refractivity contribution >= 4 is 43.3 Å². The minimum Gasteiger partial charge on any atom is -0.812 e. The third-order valence-electron chi connectivity index (χ3n) is 3.60. The smallest absolute Gasteiger partial charge is 0.269 e. The number of hydrogen-bond donors (Lipinski definition) is 3. The summed E-state index contributed by atoms with van der Waals surface area (Å²) in [6.45, 7) is -5.86. The molecule has 14 nitrogen and oxygen atoms in total. The molecule has 0 saturated carbocycles. The maximum Gasteiger partial charge on any atom is 0.269 e. The van der Waals surface area contributed by atoms with Crippen LogP contribution in [0.15, 0.2) is 12.7 Å². The molecular weight excluding hydrogens is 428 g/mol. The molecule has 1 aliphatic rings. The number of anilines is 1. The van der Waals surface area contributed by atoms with Crippen molar-refractivity contribution in [3.8, 4) is 0 Å². The van der Waals surface area contributed by atoms with E-state index in [9.17, 15) is 29.5 Å². The average molecular weight is 440 g/mol. The molecule has 0 bridgehead atoms. The van der Waals surface area contributed by atoms with Crippen molar-refractivity contribution in [2.45, 2.75) is 24.5 Å². The van der Waals surface area contributed by atoms with Crippen molar-refractivity contribution < 1.29 is 43.0 Å². The summed E-state index contributed by atoms with van der Waals surface area (Å²) in [7, 11) is -5.30. The van der Waals surface area contributed by atoms with Gasteiger partial charge in [0.2, 0.25) is 0 Å². The lowest BCUT2D eigenvalue weighted by atomic mass is 10.1. The van der Waals surface area contributed by atoms with Gasteiger partial charge in [-0.15, -0.1) is 11.8 Å². The number of hydrogen-bond acceptors (Lipinski definition) is 14. The molecule has 1 saturated heterocycles. The minimum atomic E-state index is -5.30. The highest BCUT2D eigenvalue weighted by Gasteiger charge is 2.44. The number of fused-ring (bicyclic) bond motifs is 1. The Kier molecular flexibility index (Phi) is 5.65. The van der Waals surface area contributed by atoms with Gasteiger partial charge in [0, 0.05) is 0 Å². The maximum atomic E-state index is 11.4. The third kappa shape index (κ3) is 4.50. The molecular formula is C10H12N5O9P2S-3. The summed E-state index contributed by atoms with van der Waals surface area (Å²) >= 11 is 3.82. The van der Waals surface area contributed by atoms with Crippen molar-refractivity contribution in [2.75, 3.05) is 12.3 Å². The molecule has 27 heavy (non-hydrogen) atoms. The van der Waals surface area contributed by atoms with Crippen molar-refractivity contribution in [2.24, 2.45) is 0 Å². The maximum absolute atomic E-state index is 11.4. The van der Waals surface area contributed by atoms with Crippen LogP contribution in [0, 0.1) is 0 Å². The fourth-order valence-electron chi connectivity index (χ4n) is 2.46. The zero-order valence-electron chi connectivity index (χ0n) is 13.1. The van der Waals surface area contributed by atoms with E-state index in [1.54, 1.807) is 0 Å². The average Bonchev–Trinajstić information content (AvgIpc) is 3.07. The second-order valence-electron chi connectivity index (χ2n) is 5.40. The first kappa shape index (κ1) is 20.6. The Labute approximate surface area is 156 Å². The van der Waals surface area contributed by atoms with Crippen LogP contribution in [0.2, 0.25) is 0 Å². The third-order valence-corrected chi connectivity index (χ3v) is 6.26. The van der Waals surface area contributed by atoms with Crippen LogP contribution in [-0.2, 0) is 29.9 Å². The Morgan fingerprint density at radius 3 is 2.67 bits per heavy atom. The largest absolute Gasteiger partial charge is 0.812 e. The van der Waals surface area contributed by atoms with Crippen molar-refractivity contribution in [1.29, 1.82) is 0 Å². The molecule has 0 aliphatic carbocycles. The van der Waals surface area contributed by atoms with Crippen LogP contribution in [0.3, 0.4) is 0 Å². The summed E-state index contributed by atoms with van der Waals surface area (Å²) in [6, 6.07) is 0. The Bertz CT molecular complexity index is 937. The van der Waals surface area contributed by atoms with Crippen molar-refractivity contribution in [1.82, 2.24) is 19.5 Å². The molecule has 0 amide bonds. The van der Waals surface area contributed by atoms with Crippen LogP contribution < -0.4 is 20.4 Å². The van der Waals surface area contributed by atoms with Crippen LogP contribution in [0.5, 0.6) is 0 Å². The monoisotopic (exact) mass is 440 g/mol. The van der Waals surface area contributed by atoms with Crippen LogP contribution in [-0.4, -0.2) is 54.7 Å². The molecule has 0 radical (unpaired) electrons. The predicted molar refractivity (Wildman–Crippen MR) is 84.6 cm³/mol. The van der Waals surface area contributed by atoms with Crippen molar-refractivity contribution in [3.05, 3.63) is 12.7 Å². The van der Waals surface area contributed by atoms with E-state index < -0.39 is 45.7 Å². The predicted octanol–water partition coefficient (Wildman–Crippen LogP) is -3.53. The topological polar surface area (TPSA) is 224 Å². The number of nitrogens with zero attached hydrogens (tertiary/aromatic N) is 4. The second-order valence-corrected chi connectivity index (χ2v) is 9.44. The van der Waals surface area contributed by atoms with Gasteiger partial charge in [-0.25, -0.2) is 15.0 Å². The number of aliphatic hydroxyl groups is 2. The fraction of sp³-hybridized carbons (Fsp3) is 0.500. The summed E-state index contributed by atoms with van der Waals surface area (Å²) in [5.41, 5.74) is 6.11. The molecule has 2 aromatic heterocycles. The second kappa shape index (κ2) is 7.39. The van der Waals surface area contributed by atoms with Gasteiger partial charge >= 0.3 is 0 Å². The first-order chi connectivity index (χ1) is 12.5. The molecule has 150 valence electrons. The summed E-state index contributed by atoms with van der Waals surface area (Å²) in [5, 5.41) is 20.3. The van der Waals surface area contributed by atoms with Gasteiger partial charge in [0.05, 0.1) is 12.9 Å². The summed E-state index contributed by atoms with van der Waals surface area (Å²) in [5.74, 6) is 0.0852. The van der Waals surface area contributed by atoms with Crippen LogP contribution in [0.1, 0.15) is 6.23 Å². The Morgan fingerprint density at radius 1 is 1.30 bits per heavy atom. The molecule has 0 aromatic carbocycles. The van der Waals surface area contributed by atoms with Gasteiger partial charge in [-0.1, -0.05) is 6.72 Å². The summed E-state index contributed by atoms with van der Waals surface area (Å²) in [4.78, 5) is 44.6. The number of nitrogen functional groups attached to an aromatic ring is 1. The number of ether oxygens (including phenoxy) is 1. The highest BCUT2D eigenvalue weighted by Crippen LogP contribution is 2.51. The Hall–Kier alpha value is -1.09. The van der Waals surface area contributed by atoms with Crippen molar-refractivity contribution in [3.63, 3.8) is 0 Å². The van der Waals surface area contributed by atoms with Gasteiger partial charge in [-0.2, -0.15) is 0 Å². The Balaban J connectivity index is 1.75. The highest BCUT2D eigenvalue weighted by molar-refractivity contribution is 8.06. The molecule has 5 unspecified atom stereocenters. The van der Waals surface area contributed by atoms with Crippen LogP contribution in [0.25, 0.3) is 11.2 Å². The normalized spacial score (nSPS) is 28.5. The molecule has 3 rings (SSSR count). The minimum absolute atomic E-state index is 0.0852. The highest BCUT2D eigenvalue weighted by atomic mass is 32.5. The van der Waals surface area contributed by atoms with Gasteiger partial charge in [0.15, 0.2) is 17.7 Å². The van der Waals surface area contributed by atoms with Gasteiger partial charge in [-0.05, 0) is 0 Å². The van der Waals surface area contributed by atoms with E-state index in [0.717, 1.165) is 6.33 Å². The molecule has 4 N–H and O–H groups in total. The molecule has 0 spiro atoms. The number of phosphoric acid groups is 1. The molecule has 1 aliphatic heterocycles. The Morgan fingerprint density at radius 2 is 2.00 bits per heavy atom. The number of nitrogens with two attached hydrogens (primary N) is 1. The van der Waals surface area contributed by atoms with E-state index in [1.165, 1.54) is 10.9 Å².